The van der Waals surface area contributed by atoms with Crippen molar-refractivity contribution < 1.29 is 26.3 Å². The zero-order valence-corrected chi connectivity index (χ0v) is 22.4. The minimum absolute atomic E-state index is 0.000645. The molecule has 1 nitrogen and oxygen atoms in total. The Morgan fingerprint density at radius 2 is 1.45 bits per heavy atom. The summed E-state index contributed by atoms with van der Waals surface area (Å²) >= 11 is 0. The number of fused-ring (bicyclic) bond motifs is 1. The topological polar surface area (TPSA) is 23.8 Å². The number of aryl methyl sites for hydroxylation is 1. The van der Waals surface area contributed by atoms with Gasteiger partial charge in [0.1, 0.15) is 29.3 Å². The van der Waals surface area contributed by atoms with Crippen molar-refractivity contribution in [3.05, 3.63) is 104 Å². The fourth-order valence-electron chi connectivity index (χ4n) is 6.63. The van der Waals surface area contributed by atoms with Crippen molar-refractivity contribution in [1.29, 1.82) is 5.26 Å². The van der Waals surface area contributed by atoms with E-state index in [1.54, 1.807) is 12.1 Å². The van der Waals surface area contributed by atoms with Crippen LogP contribution in [0.2, 0.25) is 0 Å². The van der Waals surface area contributed by atoms with Crippen molar-refractivity contribution in [2.24, 2.45) is 5.92 Å². The van der Waals surface area contributed by atoms with Gasteiger partial charge in [0.05, 0.1) is 5.56 Å². The second-order valence-electron chi connectivity index (χ2n) is 11.3. The first-order valence-corrected chi connectivity index (χ1v) is 14.1. The molecule has 0 aromatic heterocycles. The molecule has 0 N–H and O–H groups in total. The Morgan fingerprint density at radius 1 is 0.775 bits per heavy atom. The van der Waals surface area contributed by atoms with Gasteiger partial charge in [0.2, 0.25) is 0 Å². The van der Waals surface area contributed by atoms with Crippen molar-refractivity contribution in [1.82, 2.24) is 0 Å². The molecule has 1 saturated carbocycles. The van der Waals surface area contributed by atoms with Gasteiger partial charge < -0.3 is 0 Å². The molecule has 0 spiro atoms. The predicted octanol–water partition coefficient (Wildman–Crippen LogP) is 9.13. The van der Waals surface area contributed by atoms with Gasteiger partial charge in [-0.3, -0.25) is 0 Å². The van der Waals surface area contributed by atoms with Crippen molar-refractivity contribution >= 4 is 0 Å². The maximum atomic E-state index is 15.7. The maximum Gasteiger partial charge on any atom is 0.165 e. The first-order chi connectivity index (χ1) is 19.2. The van der Waals surface area contributed by atoms with Crippen LogP contribution < -0.4 is 0 Å². The monoisotopic (exact) mass is 555 g/mol. The van der Waals surface area contributed by atoms with Crippen LogP contribution in [-0.2, 0) is 25.7 Å². The van der Waals surface area contributed by atoms with Crippen LogP contribution >= 0.6 is 0 Å². The molecular weight excluding hydrogens is 524 g/mol. The minimum atomic E-state index is -1.14. The second kappa shape index (κ2) is 11.7. The Balaban J connectivity index is 1.29. The van der Waals surface area contributed by atoms with Gasteiger partial charge in [0.15, 0.2) is 11.6 Å². The van der Waals surface area contributed by atoms with Gasteiger partial charge in [0.25, 0.3) is 0 Å². The van der Waals surface area contributed by atoms with Crippen LogP contribution in [0.1, 0.15) is 96.2 Å². The number of hydrogen-bond donors (Lipinski definition) is 0. The minimum Gasteiger partial charge on any atom is -0.207 e. The highest BCUT2D eigenvalue weighted by molar-refractivity contribution is 5.41. The normalized spacial score (nSPS) is 20.7. The van der Waals surface area contributed by atoms with E-state index in [4.69, 9.17) is 5.26 Å². The molecule has 0 radical (unpaired) electrons. The van der Waals surface area contributed by atoms with E-state index < -0.39 is 40.8 Å². The van der Waals surface area contributed by atoms with Crippen molar-refractivity contribution in [2.75, 3.05) is 0 Å². The summed E-state index contributed by atoms with van der Waals surface area (Å²) in [5.41, 5.74) is 1.35. The highest BCUT2D eigenvalue weighted by atomic mass is 19.2. The summed E-state index contributed by atoms with van der Waals surface area (Å²) in [6.45, 7) is 1.82. The highest BCUT2D eigenvalue weighted by Crippen LogP contribution is 2.45. The highest BCUT2D eigenvalue weighted by Gasteiger charge is 2.34. The molecule has 1 fully saturated rings. The van der Waals surface area contributed by atoms with Crippen LogP contribution in [0.25, 0.3) is 0 Å². The summed E-state index contributed by atoms with van der Waals surface area (Å²) in [7, 11) is 0. The summed E-state index contributed by atoms with van der Waals surface area (Å²) in [5.74, 6) is -5.23. The standard InChI is InChI=1S/C33H31F6N/c1-2-18-14-28(35)25(29(36)15-18)12-4-19-3-11-24-26(13-19)32(38)33(39)30(31(24)37)21-7-5-20(6-8-21)22-9-10-23(17-40)27(34)16-22/h9-10,14-16,19-21H,2-8,11-13H2,1H3. The zero-order valence-electron chi connectivity index (χ0n) is 22.4. The fourth-order valence-corrected chi connectivity index (χ4v) is 6.63. The number of hydrogen-bond acceptors (Lipinski definition) is 1. The van der Waals surface area contributed by atoms with E-state index in [1.807, 2.05) is 6.92 Å². The smallest absolute Gasteiger partial charge is 0.165 e. The first kappa shape index (κ1) is 28.3. The molecule has 1 unspecified atom stereocenters. The zero-order chi connectivity index (χ0) is 28.6. The number of nitriles is 1. The Hall–Kier alpha value is -3.27. The average molecular weight is 556 g/mol. The first-order valence-electron chi connectivity index (χ1n) is 14.1. The third-order valence-corrected chi connectivity index (χ3v) is 8.99. The Kier molecular flexibility index (Phi) is 8.26. The molecule has 40 heavy (non-hydrogen) atoms. The van der Waals surface area contributed by atoms with Gasteiger partial charge in [-0.25, -0.2) is 26.3 Å². The quantitative estimate of drug-likeness (QED) is 0.220. The Labute approximate surface area is 230 Å². The van der Waals surface area contributed by atoms with Gasteiger partial charge in [-0.2, -0.15) is 5.26 Å². The number of rotatable bonds is 6. The molecule has 210 valence electrons. The summed E-state index contributed by atoms with van der Waals surface area (Å²) in [4.78, 5) is 0. The van der Waals surface area contributed by atoms with E-state index in [0.717, 1.165) is 5.56 Å². The van der Waals surface area contributed by atoms with E-state index in [0.29, 0.717) is 50.5 Å². The number of halogens is 6. The van der Waals surface area contributed by atoms with Crippen molar-refractivity contribution in [3.8, 4) is 6.07 Å². The molecule has 0 heterocycles. The van der Waals surface area contributed by atoms with E-state index in [2.05, 4.69) is 0 Å². The average Bonchev–Trinajstić information content (AvgIpc) is 2.95. The molecule has 0 bridgehead atoms. The van der Waals surface area contributed by atoms with Gasteiger partial charge in [-0.05, 0) is 128 Å². The third kappa shape index (κ3) is 5.38. The largest absolute Gasteiger partial charge is 0.207 e. The summed E-state index contributed by atoms with van der Waals surface area (Å²) in [6, 6.07) is 8.96. The van der Waals surface area contributed by atoms with Crippen molar-refractivity contribution in [3.63, 3.8) is 0 Å². The lowest BCUT2D eigenvalue weighted by Gasteiger charge is -2.32. The predicted molar refractivity (Wildman–Crippen MR) is 141 cm³/mol. The van der Waals surface area contributed by atoms with E-state index in [1.165, 1.54) is 24.3 Å². The molecule has 5 rings (SSSR count). The summed E-state index contributed by atoms with van der Waals surface area (Å²) in [5, 5.41) is 8.94. The second-order valence-corrected chi connectivity index (χ2v) is 11.3. The molecule has 0 amide bonds. The summed E-state index contributed by atoms with van der Waals surface area (Å²) in [6.07, 6.45) is 3.97. The van der Waals surface area contributed by atoms with Crippen LogP contribution in [0.3, 0.4) is 0 Å². The lowest BCUT2D eigenvalue weighted by atomic mass is 9.73. The number of nitrogens with zero attached hydrogens (tertiary/aromatic N) is 1. The summed E-state index contributed by atoms with van der Waals surface area (Å²) < 4.78 is 89.3. The molecule has 7 heteroatoms. The van der Waals surface area contributed by atoms with Gasteiger partial charge in [-0.1, -0.05) is 13.0 Å². The number of benzene rings is 3. The van der Waals surface area contributed by atoms with Crippen LogP contribution in [0, 0.1) is 52.2 Å². The molecule has 0 saturated heterocycles. The van der Waals surface area contributed by atoms with Crippen LogP contribution in [0.4, 0.5) is 26.3 Å². The van der Waals surface area contributed by atoms with Gasteiger partial charge in [0, 0.05) is 11.1 Å². The molecular formula is C33H31F6N. The lowest BCUT2D eigenvalue weighted by Crippen LogP contribution is -2.23. The third-order valence-electron chi connectivity index (χ3n) is 8.99. The SMILES string of the molecule is CCc1cc(F)c(CCC2CCc3c(F)c(C4CCC(c5ccc(C#N)c(F)c5)CC4)c(F)c(F)c3C2)c(F)c1. The molecule has 2 aliphatic carbocycles. The molecule has 0 aliphatic heterocycles. The molecule has 3 aromatic carbocycles. The van der Waals surface area contributed by atoms with E-state index in [-0.39, 0.29) is 58.9 Å². The van der Waals surface area contributed by atoms with Gasteiger partial charge >= 0.3 is 0 Å². The molecule has 2 aliphatic rings. The van der Waals surface area contributed by atoms with Crippen LogP contribution in [0.5, 0.6) is 0 Å². The maximum absolute atomic E-state index is 15.7. The molecule has 3 aromatic rings. The lowest BCUT2D eigenvalue weighted by molar-refractivity contribution is 0.353. The van der Waals surface area contributed by atoms with E-state index >= 15 is 13.2 Å². The Morgan fingerprint density at radius 3 is 2.08 bits per heavy atom. The fraction of sp³-hybridized carbons (Fsp3) is 0.424. The van der Waals surface area contributed by atoms with Crippen molar-refractivity contribution in [2.45, 2.75) is 83.0 Å². The Bertz CT molecular complexity index is 1440. The van der Waals surface area contributed by atoms with Crippen LogP contribution in [0.15, 0.2) is 30.3 Å². The van der Waals surface area contributed by atoms with Crippen LogP contribution in [-0.4, -0.2) is 0 Å². The molecule has 1 atom stereocenters. The van der Waals surface area contributed by atoms with E-state index in [9.17, 15) is 13.2 Å². The van der Waals surface area contributed by atoms with Gasteiger partial charge in [-0.15, -0.1) is 0 Å².